The van der Waals surface area contributed by atoms with Gasteiger partial charge in [0.15, 0.2) is 5.65 Å². The zero-order chi connectivity index (χ0) is 21.4. The molecule has 0 saturated carbocycles. The lowest BCUT2D eigenvalue weighted by molar-refractivity contribution is -0.139. The second-order valence-corrected chi connectivity index (χ2v) is 6.78. The Bertz CT molecular complexity index is 1230. The SMILES string of the molecule is CCOC(=O)C1=C(Cn2cnc3c(cnn3C)c2=O)NC(=O)NC1c1ccc(C)o1. The highest BCUT2D eigenvalue weighted by Crippen LogP contribution is 2.29. The fourth-order valence-corrected chi connectivity index (χ4v) is 3.36. The van der Waals surface area contributed by atoms with Crippen LogP contribution in [0.4, 0.5) is 4.79 Å². The summed E-state index contributed by atoms with van der Waals surface area (Å²) in [6.45, 7) is 3.50. The van der Waals surface area contributed by atoms with Crippen LogP contribution in [0.3, 0.4) is 0 Å². The molecule has 2 N–H and O–H groups in total. The maximum atomic E-state index is 12.8. The predicted molar refractivity (Wildman–Crippen MR) is 104 cm³/mol. The van der Waals surface area contributed by atoms with Crippen LogP contribution in [0.2, 0.25) is 0 Å². The van der Waals surface area contributed by atoms with Crippen molar-refractivity contribution in [1.82, 2.24) is 30.0 Å². The van der Waals surface area contributed by atoms with Crippen molar-refractivity contribution in [1.29, 1.82) is 0 Å². The maximum absolute atomic E-state index is 12.8. The maximum Gasteiger partial charge on any atom is 0.338 e. The largest absolute Gasteiger partial charge is 0.464 e. The lowest BCUT2D eigenvalue weighted by atomic mass is 10.00. The molecule has 11 nitrogen and oxygen atoms in total. The Morgan fingerprint density at radius 2 is 2.13 bits per heavy atom. The standard InChI is InChI=1S/C19H20N6O5/c1-4-29-18(27)14-12(22-19(28)23-15(14)13-6-5-10(2)30-13)8-25-9-20-16-11(17(25)26)7-21-24(16)3/h5-7,9,15H,4,8H2,1-3H3,(H2,22,23,28). The van der Waals surface area contributed by atoms with E-state index in [2.05, 4.69) is 20.7 Å². The average molecular weight is 412 g/mol. The van der Waals surface area contributed by atoms with Gasteiger partial charge < -0.3 is 19.8 Å². The number of carbonyl (C=O) groups excluding carboxylic acids is 2. The number of aromatic nitrogens is 4. The van der Waals surface area contributed by atoms with Gasteiger partial charge in [-0.15, -0.1) is 0 Å². The fourth-order valence-electron chi connectivity index (χ4n) is 3.36. The van der Waals surface area contributed by atoms with E-state index in [1.807, 2.05) is 0 Å². The van der Waals surface area contributed by atoms with Gasteiger partial charge in [0.05, 0.1) is 30.6 Å². The molecule has 4 rings (SSSR count). The minimum Gasteiger partial charge on any atom is -0.464 e. The number of nitrogens with zero attached hydrogens (tertiary/aromatic N) is 4. The van der Waals surface area contributed by atoms with E-state index in [0.717, 1.165) is 0 Å². The Morgan fingerprint density at radius 1 is 1.33 bits per heavy atom. The summed E-state index contributed by atoms with van der Waals surface area (Å²) in [7, 11) is 1.68. The molecule has 0 radical (unpaired) electrons. The minimum atomic E-state index is -0.854. The Labute approximate surface area is 170 Å². The average Bonchev–Trinajstić information content (AvgIpc) is 3.30. The molecular formula is C19H20N6O5. The third-order valence-electron chi connectivity index (χ3n) is 4.74. The number of esters is 1. The number of amides is 2. The van der Waals surface area contributed by atoms with Crippen LogP contribution in [0.1, 0.15) is 24.5 Å². The van der Waals surface area contributed by atoms with Crippen molar-refractivity contribution in [3.63, 3.8) is 0 Å². The third-order valence-corrected chi connectivity index (χ3v) is 4.74. The summed E-state index contributed by atoms with van der Waals surface area (Å²) in [5.41, 5.74) is 0.475. The molecule has 4 heterocycles. The van der Waals surface area contributed by atoms with Crippen LogP contribution in [-0.2, 0) is 23.1 Å². The van der Waals surface area contributed by atoms with Gasteiger partial charge >= 0.3 is 12.0 Å². The van der Waals surface area contributed by atoms with Gasteiger partial charge in [-0.3, -0.25) is 14.0 Å². The fraction of sp³-hybridized carbons (Fsp3) is 0.316. The van der Waals surface area contributed by atoms with E-state index in [1.54, 1.807) is 33.0 Å². The molecule has 1 unspecified atom stereocenters. The topological polar surface area (TPSA) is 133 Å². The molecule has 30 heavy (non-hydrogen) atoms. The van der Waals surface area contributed by atoms with Crippen LogP contribution in [0, 0.1) is 6.92 Å². The summed E-state index contributed by atoms with van der Waals surface area (Å²) in [6, 6.07) is 2.03. The first-order valence-electron chi connectivity index (χ1n) is 9.30. The van der Waals surface area contributed by atoms with E-state index < -0.39 is 18.0 Å². The Kier molecular flexibility index (Phi) is 4.86. The number of hydrogen-bond donors (Lipinski definition) is 2. The van der Waals surface area contributed by atoms with Gasteiger partial charge in [-0.05, 0) is 26.0 Å². The zero-order valence-electron chi connectivity index (χ0n) is 16.6. The smallest absolute Gasteiger partial charge is 0.338 e. The second kappa shape index (κ2) is 7.50. The third kappa shape index (κ3) is 3.34. The quantitative estimate of drug-likeness (QED) is 0.595. The van der Waals surface area contributed by atoms with Crippen LogP contribution in [0.15, 0.2) is 45.1 Å². The van der Waals surface area contributed by atoms with Crippen molar-refractivity contribution in [2.75, 3.05) is 6.61 Å². The highest BCUT2D eigenvalue weighted by Gasteiger charge is 2.35. The molecule has 1 atom stereocenters. The molecule has 0 aromatic carbocycles. The van der Waals surface area contributed by atoms with Crippen LogP contribution in [0.5, 0.6) is 0 Å². The molecule has 0 saturated heterocycles. The van der Waals surface area contributed by atoms with E-state index in [1.165, 1.54) is 21.8 Å². The summed E-state index contributed by atoms with van der Waals surface area (Å²) in [6.07, 6.45) is 2.78. The number of rotatable bonds is 5. The Balaban J connectivity index is 1.82. The number of fused-ring (bicyclic) bond motifs is 1. The number of urea groups is 1. The van der Waals surface area contributed by atoms with E-state index in [9.17, 15) is 14.4 Å². The molecule has 156 valence electrons. The number of aryl methyl sites for hydroxylation is 2. The van der Waals surface area contributed by atoms with Gasteiger partial charge in [-0.25, -0.2) is 14.6 Å². The lowest BCUT2D eigenvalue weighted by Gasteiger charge is -2.28. The van der Waals surface area contributed by atoms with Crippen LogP contribution < -0.4 is 16.2 Å². The molecule has 3 aromatic heterocycles. The van der Waals surface area contributed by atoms with Gasteiger partial charge in [-0.2, -0.15) is 5.10 Å². The number of nitrogens with one attached hydrogen (secondary N) is 2. The van der Waals surface area contributed by atoms with E-state index in [4.69, 9.17) is 9.15 Å². The van der Waals surface area contributed by atoms with Gasteiger partial charge in [-0.1, -0.05) is 0 Å². The molecule has 1 aliphatic rings. The number of ether oxygens (including phenoxy) is 1. The van der Waals surface area contributed by atoms with E-state index >= 15 is 0 Å². The van der Waals surface area contributed by atoms with E-state index in [0.29, 0.717) is 22.6 Å². The first-order chi connectivity index (χ1) is 14.4. The van der Waals surface area contributed by atoms with Crippen molar-refractivity contribution in [2.45, 2.75) is 26.4 Å². The zero-order valence-corrected chi connectivity index (χ0v) is 16.6. The molecule has 3 aromatic rings. The number of allylic oxidation sites excluding steroid dienone is 1. The highest BCUT2D eigenvalue weighted by atomic mass is 16.5. The Morgan fingerprint density at radius 3 is 2.83 bits per heavy atom. The molecular weight excluding hydrogens is 392 g/mol. The van der Waals surface area contributed by atoms with Crippen LogP contribution in [0.25, 0.3) is 11.0 Å². The molecule has 0 bridgehead atoms. The first-order valence-corrected chi connectivity index (χ1v) is 9.30. The molecule has 11 heteroatoms. The monoisotopic (exact) mass is 412 g/mol. The normalized spacial score (nSPS) is 16.5. The number of hydrogen-bond acceptors (Lipinski definition) is 7. The molecule has 0 spiro atoms. The first kappa shape index (κ1) is 19.4. The number of carbonyl (C=O) groups is 2. The summed E-state index contributed by atoms with van der Waals surface area (Å²) in [4.78, 5) is 42.2. The van der Waals surface area contributed by atoms with Crippen LogP contribution >= 0.6 is 0 Å². The summed E-state index contributed by atoms with van der Waals surface area (Å²) < 4.78 is 13.6. The van der Waals surface area contributed by atoms with Gasteiger partial charge in [0, 0.05) is 7.05 Å². The van der Waals surface area contributed by atoms with E-state index in [-0.39, 0.29) is 30.0 Å². The highest BCUT2D eigenvalue weighted by molar-refractivity contribution is 5.95. The summed E-state index contributed by atoms with van der Waals surface area (Å²) in [5, 5.41) is 9.67. The van der Waals surface area contributed by atoms with Gasteiger partial charge in [0.2, 0.25) is 0 Å². The minimum absolute atomic E-state index is 0.0889. The van der Waals surface area contributed by atoms with Crippen molar-refractivity contribution in [2.24, 2.45) is 7.05 Å². The van der Waals surface area contributed by atoms with Crippen molar-refractivity contribution in [3.8, 4) is 0 Å². The van der Waals surface area contributed by atoms with Crippen molar-refractivity contribution in [3.05, 3.63) is 57.8 Å². The second-order valence-electron chi connectivity index (χ2n) is 6.78. The van der Waals surface area contributed by atoms with Gasteiger partial charge in [0.25, 0.3) is 5.56 Å². The Hall–Kier alpha value is -3.89. The van der Waals surface area contributed by atoms with Crippen molar-refractivity contribution < 1.29 is 18.7 Å². The summed E-state index contributed by atoms with van der Waals surface area (Å²) >= 11 is 0. The molecule has 2 amide bonds. The van der Waals surface area contributed by atoms with Crippen LogP contribution in [-0.4, -0.2) is 37.9 Å². The number of furan rings is 1. The lowest BCUT2D eigenvalue weighted by Crippen LogP contribution is -2.47. The van der Waals surface area contributed by atoms with Crippen molar-refractivity contribution >= 4 is 23.0 Å². The van der Waals surface area contributed by atoms with Gasteiger partial charge in [0.1, 0.15) is 29.3 Å². The molecule has 1 aliphatic heterocycles. The summed E-state index contributed by atoms with van der Waals surface area (Å²) in [5.74, 6) is 0.392. The molecule has 0 fully saturated rings. The molecule has 0 aliphatic carbocycles. The predicted octanol–water partition coefficient (Wildman–Crippen LogP) is 0.903.